The molecule has 0 bridgehead atoms. The maximum Gasteiger partial charge on any atom is 0.256 e. The van der Waals surface area contributed by atoms with Crippen molar-refractivity contribution < 1.29 is 18.7 Å². The first-order valence-electron chi connectivity index (χ1n) is 6.50. The van der Waals surface area contributed by atoms with Gasteiger partial charge in [-0.15, -0.1) is 0 Å². The van der Waals surface area contributed by atoms with Crippen molar-refractivity contribution in [2.75, 3.05) is 6.54 Å². The van der Waals surface area contributed by atoms with E-state index in [1.807, 2.05) is 30.3 Å². The van der Waals surface area contributed by atoms with Gasteiger partial charge in [0.05, 0.1) is 18.2 Å². The molecule has 1 saturated heterocycles. The molecule has 6 heteroatoms. The fourth-order valence-corrected chi connectivity index (χ4v) is 2.62. The number of benzene rings is 1. The molecule has 0 saturated carbocycles. The van der Waals surface area contributed by atoms with Gasteiger partial charge in [0.15, 0.2) is 0 Å². The van der Waals surface area contributed by atoms with E-state index in [2.05, 4.69) is 5.32 Å². The molecular weight excluding hydrogens is 266 g/mol. The van der Waals surface area contributed by atoms with Crippen LogP contribution in [0.15, 0.2) is 30.3 Å². The van der Waals surface area contributed by atoms with Crippen molar-refractivity contribution in [1.29, 1.82) is 0 Å². The Balaban J connectivity index is 2.11. The summed E-state index contributed by atoms with van der Waals surface area (Å²) in [4.78, 5) is 12.6. The van der Waals surface area contributed by atoms with Gasteiger partial charge in [-0.05, 0) is 5.56 Å². The molecule has 4 nitrogen and oxygen atoms in total. The molecule has 1 aromatic carbocycles. The molecule has 0 aromatic heterocycles. The average Bonchev–Trinajstić information content (AvgIpc) is 2.66. The van der Waals surface area contributed by atoms with Crippen molar-refractivity contribution in [3.63, 3.8) is 0 Å². The molecule has 1 fully saturated rings. The van der Waals surface area contributed by atoms with Gasteiger partial charge in [-0.2, -0.15) is 0 Å². The van der Waals surface area contributed by atoms with E-state index in [1.54, 1.807) is 0 Å². The lowest BCUT2D eigenvalue weighted by Crippen LogP contribution is -2.45. The number of hydrogen-bond acceptors (Lipinski definition) is 3. The van der Waals surface area contributed by atoms with E-state index in [9.17, 15) is 18.7 Å². The van der Waals surface area contributed by atoms with Crippen molar-refractivity contribution in [2.24, 2.45) is 0 Å². The largest absolute Gasteiger partial charge is 0.389 e. The number of hydrogen-bond donors (Lipinski definition) is 2. The summed E-state index contributed by atoms with van der Waals surface area (Å²) in [6.07, 6.45) is -3.92. The molecule has 0 spiro atoms. The van der Waals surface area contributed by atoms with Gasteiger partial charge >= 0.3 is 0 Å². The summed E-state index contributed by atoms with van der Waals surface area (Å²) in [5.41, 5.74) is 0.897. The fourth-order valence-electron chi connectivity index (χ4n) is 2.62. The third-order valence-electron chi connectivity index (χ3n) is 3.49. The third-order valence-corrected chi connectivity index (χ3v) is 3.49. The van der Waals surface area contributed by atoms with Gasteiger partial charge in [0, 0.05) is 20.0 Å². The summed E-state index contributed by atoms with van der Waals surface area (Å²) >= 11 is 0. The minimum absolute atomic E-state index is 0.213. The van der Waals surface area contributed by atoms with E-state index in [0.717, 1.165) is 5.56 Å². The van der Waals surface area contributed by atoms with Gasteiger partial charge in [-0.1, -0.05) is 30.3 Å². The van der Waals surface area contributed by atoms with Crippen LogP contribution < -0.4 is 5.32 Å². The van der Waals surface area contributed by atoms with Crippen LogP contribution in [0.25, 0.3) is 0 Å². The van der Waals surface area contributed by atoms with E-state index in [4.69, 9.17) is 0 Å². The standard InChI is InChI=1S/C14H18F2N2O2/c1-9(19)17-11-8-18(12(13(11)20)14(15)16)7-10-5-3-2-4-6-10/h2-6,11-14,20H,7-8H2,1H3,(H,17,19)/t11-,12+,13+/m0/s1. The topological polar surface area (TPSA) is 52.6 Å². The van der Waals surface area contributed by atoms with Gasteiger partial charge in [-0.3, -0.25) is 9.69 Å². The number of halogens is 2. The van der Waals surface area contributed by atoms with Crippen LogP contribution in [0, 0.1) is 0 Å². The van der Waals surface area contributed by atoms with Crippen molar-refractivity contribution >= 4 is 5.91 Å². The first-order chi connectivity index (χ1) is 9.49. The van der Waals surface area contributed by atoms with Gasteiger partial charge in [-0.25, -0.2) is 8.78 Å². The molecule has 3 atom stereocenters. The molecule has 1 aliphatic heterocycles. The molecule has 0 aliphatic carbocycles. The van der Waals surface area contributed by atoms with Crippen LogP contribution in [0.4, 0.5) is 8.78 Å². The number of aliphatic hydroxyl groups is 1. The fraction of sp³-hybridized carbons (Fsp3) is 0.500. The van der Waals surface area contributed by atoms with Crippen molar-refractivity contribution in [3.05, 3.63) is 35.9 Å². The van der Waals surface area contributed by atoms with Crippen LogP contribution >= 0.6 is 0 Å². The van der Waals surface area contributed by atoms with E-state index in [0.29, 0.717) is 6.54 Å². The molecule has 1 amide bonds. The SMILES string of the molecule is CC(=O)N[C@H]1CN(Cc2ccccc2)[C@@H](C(F)F)[C@@H]1O. The molecule has 20 heavy (non-hydrogen) atoms. The minimum atomic E-state index is -2.66. The first kappa shape index (κ1) is 14.9. The van der Waals surface area contributed by atoms with Crippen molar-refractivity contribution in [3.8, 4) is 0 Å². The second-order valence-electron chi connectivity index (χ2n) is 5.04. The predicted molar refractivity (Wildman–Crippen MR) is 70.3 cm³/mol. The Morgan fingerprint density at radius 3 is 2.65 bits per heavy atom. The zero-order valence-corrected chi connectivity index (χ0v) is 11.2. The summed E-state index contributed by atoms with van der Waals surface area (Å²) in [5.74, 6) is -0.330. The van der Waals surface area contributed by atoms with Crippen LogP contribution in [-0.2, 0) is 11.3 Å². The summed E-state index contributed by atoms with van der Waals surface area (Å²) in [7, 11) is 0. The van der Waals surface area contributed by atoms with Gasteiger partial charge in [0.25, 0.3) is 6.43 Å². The van der Waals surface area contributed by atoms with Gasteiger partial charge in [0.1, 0.15) is 0 Å². The molecular formula is C14H18F2N2O2. The molecule has 1 heterocycles. The highest BCUT2D eigenvalue weighted by Crippen LogP contribution is 2.26. The minimum Gasteiger partial charge on any atom is -0.389 e. The number of aliphatic hydroxyl groups excluding tert-OH is 1. The van der Waals surface area contributed by atoms with E-state index >= 15 is 0 Å². The van der Waals surface area contributed by atoms with Gasteiger partial charge in [0.2, 0.25) is 5.91 Å². The first-order valence-corrected chi connectivity index (χ1v) is 6.50. The number of nitrogens with one attached hydrogen (secondary N) is 1. The van der Waals surface area contributed by atoms with E-state index < -0.39 is 24.6 Å². The van der Waals surface area contributed by atoms with Crippen LogP contribution in [0.5, 0.6) is 0 Å². The van der Waals surface area contributed by atoms with Gasteiger partial charge < -0.3 is 10.4 Å². The van der Waals surface area contributed by atoms with Crippen LogP contribution in [0.2, 0.25) is 0 Å². The average molecular weight is 284 g/mol. The maximum atomic E-state index is 13.1. The molecule has 1 aliphatic rings. The van der Waals surface area contributed by atoms with E-state index in [-0.39, 0.29) is 12.5 Å². The smallest absolute Gasteiger partial charge is 0.256 e. The van der Waals surface area contributed by atoms with Crippen LogP contribution in [-0.4, -0.2) is 47.1 Å². The Morgan fingerprint density at radius 1 is 1.45 bits per heavy atom. The molecule has 0 unspecified atom stereocenters. The third kappa shape index (κ3) is 3.32. The Hall–Kier alpha value is -1.53. The van der Waals surface area contributed by atoms with Crippen molar-refractivity contribution in [1.82, 2.24) is 10.2 Å². The lowest BCUT2D eigenvalue weighted by atomic mass is 10.1. The second-order valence-corrected chi connectivity index (χ2v) is 5.04. The monoisotopic (exact) mass is 284 g/mol. The molecule has 1 aromatic rings. The quantitative estimate of drug-likeness (QED) is 0.867. The second kappa shape index (κ2) is 6.28. The highest BCUT2D eigenvalue weighted by molar-refractivity contribution is 5.73. The van der Waals surface area contributed by atoms with Crippen LogP contribution in [0.3, 0.4) is 0 Å². The Kier molecular flexibility index (Phi) is 4.67. The number of amides is 1. The zero-order valence-electron chi connectivity index (χ0n) is 11.2. The lowest BCUT2D eigenvalue weighted by molar-refractivity contribution is -0.120. The Morgan fingerprint density at radius 2 is 2.10 bits per heavy atom. The Labute approximate surface area is 116 Å². The Bertz CT molecular complexity index is 456. The highest BCUT2D eigenvalue weighted by Gasteiger charge is 2.45. The summed E-state index contributed by atoms with van der Waals surface area (Å²) in [5, 5.41) is 12.5. The number of likely N-dealkylation sites (tertiary alicyclic amines) is 1. The number of carbonyl (C=O) groups is 1. The molecule has 0 radical (unpaired) electrons. The molecule has 110 valence electrons. The number of carbonyl (C=O) groups excluding carboxylic acids is 1. The lowest BCUT2D eigenvalue weighted by Gasteiger charge is -2.25. The van der Waals surface area contributed by atoms with Crippen molar-refractivity contribution in [2.45, 2.75) is 38.1 Å². The van der Waals surface area contributed by atoms with E-state index in [1.165, 1.54) is 11.8 Å². The summed E-state index contributed by atoms with van der Waals surface area (Å²) in [6.45, 7) is 1.84. The maximum absolute atomic E-state index is 13.1. The number of nitrogens with zero attached hydrogens (tertiary/aromatic N) is 1. The van der Waals surface area contributed by atoms with Crippen LogP contribution in [0.1, 0.15) is 12.5 Å². The zero-order chi connectivity index (χ0) is 14.7. The normalized spacial score (nSPS) is 26.9. The number of rotatable bonds is 4. The summed E-state index contributed by atoms with van der Waals surface area (Å²) in [6, 6.07) is 7.31. The molecule has 2 rings (SSSR count). The summed E-state index contributed by atoms with van der Waals surface area (Å²) < 4.78 is 26.3. The predicted octanol–water partition coefficient (Wildman–Crippen LogP) is 1.00. The number of alkyl halides is 2. The molecule has 2 N–H and O–H groups in total. The highest BCUT2D eigenvalue weighted by atomic mass is 19.3.